The SMILES string of the molecule is CCS(=O)c1ccc(CNC(=O)N2CC(C)(C3CCC3)c3cc(-c4c(OC)ncnc4C4CC4)ccc32)cc1. The Balaban J connectivity index is 1.29. The lowest BCUT2D eigenvalue weighted by Gasteiger charge is -2.41. The van der Waals surface area contributed by atoms with Gasteiger partial charge in [0, 0.05) is 40.8 Å². The standard InChI is InChI=1S/C31H36N4O3S/c1-4-39(37)24-13-8-20(9-14-24)17-32-30(36)35-18-31(2,23-6-5-7-23)25-16-22(12-15-26(25)35)27-28(21-10-11-21)33-19-34-29(27)38-3/h8-9,12-16,19,21,23H,4-7,10-11,17-18H2,1-3H3,(H,32,36). The number of nitrogens with one attached hydrogen (secondary N) is 1. The van der Waals surface area contributed by atoms with Crippen molar-refractivity contribution in [2.24, 2.45) is 5.92 Å². The number of hydrogen-bond donors (Lipinski definition) is 1. The Morgan fingerprint density at radius 2 is 1.90 bits per heavy atom. The van der Waals surface area contributed by atoms with Crippen LogP contribution in [-0.2, 0) is 22.8 Å². The molecule has 1 aliphatic heterocycles. The van der Waals surface area contributed by atoms with Gasteiger partial charge in [0.05, 0.1) is 29.2 Å². The van der Waals surface area contributed by atoms with E-state index in [1.807, 2.05) is 36.1 Å². The second-order valence-corrected chi connectivity index (χ2v) is 13.0. The van der Waals surface area contributed by atoms with Gasteiger partial charge in [0.1, 0.15) is 6.33 Å². The number of nitrogens with zero attached hydrogens (tertiary/aromatic N) is 3. The molecular formula is C31H36N4O3S. The first-order valence-electron chi connectivity index (χ1n) is 14.0. The maximum Gasteiger partial charge on any atom is 0.322 e. The van der Waals surface area contributed by atoms with E-state index in [0.29, 0.717) is 36.6 Å². The number of ether oxygens (including phenoxy) is 1. The number of amides is 2. The minimum atomic E-state index is -0.977. The second-order valence-electron chi connectivity index (χ2n) is 11.2. The molecule has 2 atom stereocenters. The lowest BCUT2D eigenvalue weighted by Crippen LogP contribution is -2.45. The summed E-state index contributed by atoms with van der Waals surface area (Å²) in [5.74, 6) is 2.21. The topological polar surface area (TPSA) is 84.4 Å². The van der Waals surface area contributed by atoms with Crippen LogP contribution in [0.15, 0.2) is 53.7 Å². The predicted molar refractivity (Wildman–Crippen MR) is 154 cm³/mol. The second kappa shape index (κ2) is 10.4. The Labute approximate surface area is 232 Å². The average Bonchev–Trinajstić information content (AvgIpc) is 3.74. The Bertz CT molecular complexity index is 1420. The van der Waals surface area contributed by atoms with E-state index in [-0.39, 0.29) is 11.4 Å². The van der Waals surface area contributed by atoms with E-state index in [0.717, 1.165) is 45.8 Å². The van der Waals surface area contributed by atoms with Crippen LogP contribution in [0.25, 0.3) is 11.1 Å². The molecule has 2 aliphatic carbocycles. The molecule has 2 aromatic carbocycles. The normalized spacial score (nSPS) is 21.3. The van der Waals surface area contributed by atoms with Crippen LogP contribution in [0.1, 0.15) is 68.7 Å². The van der Waals surface area contributed by atoms with E-state index in [2.05, 4.69) is 40.4 Å². The molecule has 7 nitrogen and oxygen atoms in total. The van der Waals surface area contributed by atoms with Gasteiger partial charge in [-0.05, 0) is 72.6 Å². The number of aromatic nitrogens is 2. The molecule has 2 saturated carbocycles. The van der Waals surface area contributed by atoms with Crippen molar-refractivity contribution < 1.29 is 13.7 Å². The number of hydrogen-bond acceptors (Lipinski definition) is 5. The number of methoxy groups -OCH3 is 1. The van der Waals surface area contributed by atoms with Gasteiger partial charge in [-0.3, -0.25) is 9.11 Å². The molecule has 204 valence electrons. The molecule has 0 spiro atoms. The van der Waals surface area contributed by atoms with Crippen LogP contribution in [0, 0.1) is 5.92 Å². The van der Waals surface area contributed by atoms with E-state index < -0.39 is 10.8 Å². The molecule has 2 fully saturated rings. The number of carbonyl (C=O) groups excluding carboxylic acids is 1. The van der Waals surface area contributed by atoms with Crippen molar-refractivity contribution in [3.63, 3.8) is 0 Å². The fourth-order valence-electron chi connectivity index (χ4n) is 6.13. The van der Waals surface area contributed by atoms with E-state index in [1.165, 1.54) is 24.8 Å². The highest BCUT2D eigenvalue weighted by Crippen LogP contribution is 2.53. The van der Waals surface area contributed by atoms with Crippen molar-refractivity contribution in [1.82, 2.24) is 15.3 Å². The third-order valence-electron chi connectivity index (χ3n) is 8.82. The van der Waals surface area contributed by atoms with Gasteiger partial charge in [0.2, 0.25) is 5.88 Å². The smallest absolute Gasteiger partial charge is 0.322 e. The number of anilines is 1. The molecule has 2 amide bonds. The van der Waals surface area contributed by atoms with E-state index in [9.17, 15) is 9.00 Å². The van der Waals surface area contributed by atoms with Crippen molar-refractivity contribution in [2.75, 3.05) is 24.3 Å². The summed E-state index contributed by atoms with van der Waals surface area (Å²) in [5, 5.41) is 3.13. The van der Waals surface area contributed by atoms with E-state index >= 15 is 0 Å². The van der Waals surface area contributed by atoms with Crippen LogP contribution in [0.2, 0.25) is 0 Å². The number of urea groups is 1. The van der Waals surface area contributed by atoms with Crippen LogP contribution in [0.3, 0.4) is 0 Å². The number of rotatable bonds is 8. The third-order valence-corrected chi connectivity index (χ3v) is 10.1. The summed E-state index contributed by atoms with van der Waals surface area (Å²) in [7, 11) is 0.687. The monoisotopic (exact) mass is 544 g/mol. The van der Waals surface area contributed by atoms with Gasteiger partial charge < -0.3 is 10.1 Å². The molecule has 6 rings (SSSR count). The van der Waals surface area contributed by atoms with Crippen molar-refractivity contribution in [1.29, 1.82) is 0 Å². The zero-order valence-electron chi connectivity index (χ0n) is 22.9. The minimum absolute atomic E-state index is 0.0902. The van der Waals surface area contributed by atoms with E-state index in [1.54, 1.807) is 13.4 Å². The Morgan fingerprint density at radius 3 is 2.54 bits per heavy atom. The Hall–Kier alpha value is -3.26. The highest BCUT2D eigenvalue weighted by Gasteiger charge is 2.48. The summed E-state index contributed by atoms with van der Waals surface area (Å²) < 4.78 is 17.7. The first kappa shape index (κ1) is 26.0. The maximum atomic E-state index is 13.6. The first-order valence-corrected chi connectivity index (χ1v) is 15.3. The molecule has 1 N–H and O–H groups in total. The molecule has 3 aromatic rings. The summed E-state index contributed by atoms with van der Waals surface area (Å²) >= 11 is 0. The van der Waals surface area contributed by atoms with Crippen molar-refractivity contribution >= 4 is 22.5 Å². The molecule has 2 heterocycles. The van der Waals surface area contributed by atoms with Gasteiger partial charge in [-0.15, -0.1) is 0 Å². The molecule has 0 bridgehead atoms. The van der Waals surface area contributed by atoms with Gasteiger partial charge in [-0.1, -0.05) is 38.5 Å². The Morgan fingerprint density at radius 1 is 1.13 bits per heavy atom. The van der Waals surface area contributed by atoms with Gasteiger partial charge in [-0.2, -0.15) is 0 Å². The molecule has 2 unspecified atom stereocenters. The zero-order valence-corrected chi connectivity index (χ0v) is 23.7. The van der Waals surface area contributed by atoms with Crippen LogP contribution < -0.4 is 15.0 Å². The fourth-order valence-corrected chi connectivity index (χ4v) is 6.91. The van der Waals surface area contributed by atoms with Gasteiger partial charge in [-0.25, -0.2) is 14.8 Å². The third kappa shape index (κ3) is 4.73. The minimum Gasteiger partial charge on any atom is -0.480 e. The molecule has 3 aliphatic rings. The molecule has 1 aromatic heterocycles. The van der Waals surface area contributed by atoms with Crippen molar-refractivity contribution in [3.05, 3.63) is 65.6 Å². The molecule has 8 heteroatoms. The molecular weight excluding hydrogens is 508 g/mol. The average molecular weight is 545 g/mol. The number of benzene rings is 2. The molecule has 0 saturated heterocycles. The fraction of sp³-hybridized carbons (Fsp3) is 0.452. The highest BCUT2D eigenvalue weighted by molar-refractivity contribution is 7.85. The predicted octanol–water partition coefficient (Wildman–Crippen LogP) is 5.94. The van der Waals surface area contributed by atoms with Crippen molar-refractivity contribution in [2.45, 2.75) is 68.7 Å². The summed E-state index contributed by atoms with van der Waals surface area (Å²) in [6.07, 6.45) is 7.51. The quantitative estimate of drug-likeness (QED) is 0.379. The molecule has 0 radical (unpaired) electrons. The van der Waals surface area contributed by atoms with Crippen LogP contribution in [0.5, 0.6) is 5.88 Å². The van der Waals surface area contributed by atoms with Crippen LogP contribution in [-0.4, -0.2) is 39.6 Å². The molecule has 39 heavy (non-hydrogen) atoms. The lowest BCUT2D eigenvalue weighted by atomic mass is 9.64. The zero-order chi connectivity index (χ0) is 27.1. The van der Waals surface area contributed by atoms with Gasteiger partial charge in [0.25, 0.3) is 0 Å². The summed E-state index contributed by atoms with van der Waals surface area (Å²) in [5.41, 5.74) is 6.17. The van der Waals surface area contributed by atoms with E-state index in [4.69, 9.17) is 4.74 Å². The maximum absolute atomic E-state index is 13.6. The largest absolute Gasteiger partial charge is 0.480 e. The number of fused-ring (bicyclic) bond motifs is 1. The first-order chi connectivity index (χ1) is 18.9. The van der Waals surface area contributed by atoms with Gasteiger partial charge >= 0.3 is 6.03 Å². The Kier molecular flexibility index (Phi) is 6.91. The van der Waals surface area contributed by atoms with Gasteiger partial charge in [0.15, 0.2) is 0 Å². The van der Waals surface area contributed by atoms with Crippen molar-refractivity contribution in [3.8, 4) is 17.0 Å². The van der Waals surface area contributed by atoms with Crippen LogP contribution in [0.4, 0.5) is 10.5 Å². The summed E-state index contributed by atoms with van der Waals surface area (Å²) in [6.45, 7) is 5.31. The van der Waals surface area contributed by atoms with Crippen LogP contribution >= 0.6 is 0 Å². The summed E-state index contributed by atoms with van der Waals surface area (Å²) in [4.78, 5) is 25.4. The highest BCUT2D eigenvalue weighted by atomic mass is 32.2. The lowest BCUT2D eigenvalue weighted by molar-refractivity contribution is 0.188. The number of carbonyl (C=O) groups is 1. The summed E-state index contributed by atoms with van der Waals surface area (Å²) in [6, 6.07) is 14.0.